The predicted molar refractivity (Wildman–Crippen MR) is 210 cm³/mol. The lowest BCUT2D eigenvalue weighted by molar-refractivity contribution is 0.617. The Morgan fingerprint density at radius 1 is 0.412 bits per heavy atom. The topological polar surface area (TPSA) is 42.4 Å². The van der Waals surface area contributed by atoms with Crippen LogP contribution in [0.4, 0.5) is 17.1 Å². The van der Waals surface area contributed by atoms with Gasteiger partial charge in [-0.25, -0.2) is 4.98 Å². The molecule has 10 rings (SSSR count). The molecule has 8 aromatic carbocycles. The van der Waals surface area contributed by atoms with Gasteiger partial charge in [-0.3, -0.25) is 0 Å². The Labute approximate surface area is 294 Å². The number of oxazole rings is 1. The summed E-state index contributed by atoms with van der Waals surface area (Å²) in [6.45, 7) is 0. The molecular formula is C47H30N2O2. The molecule has 0 fully saturated rings. The SMILES string of the molecule is c1ccc(-c2ccc(N(c3cccc(-c4cccc5ccccc45)c3)c3cccc4oc5cc6oc(-c7ccccc7)nc6cc5c34)cc2)cc1. The number of hydrogen-bond donors (Lipinski definition) is 0. The molecule has 0 N–H and O–H groups in total. The molecule has 0 aliphatic rings. The van der Waals surface area contributed by atoms with Crippen molar-refractivity contribution in [1.82, 2.24) is 4.98 Å². The van der Waals surface area contributed by atoms with Gasteiger partial charge in [0.2, 0.25) is 5.89 Å². The van der Waals surface area contributed by atoms with Crippen molar-refractivity contribution in [1.29, 1.82) is 0 Å². The highest BCUT2D eigenvalue weighted by Crippen LogP contribution is 2.45. The molecule has 0 saturated carbocycles. The standard InChI is InChI=1S/C47H30N2O2/c1-3-12-31(13-4-1)32-24-26-36(27-25-32)49(37-19-9-18-35(28-37)39-21-10-17-33-14-7-8-20-38(33)39)42-22-11-23-43-46(42)40-29-41-45(30-44(40)50-43)51-47(48-41)34-15-5-2-6-16-34/h1-30H. The van der Waals surface area contributed by atoms with Gasteiger partial charge in [0.15, 0.2) is 5.58 Å². The average Bonchev–Trinajstić information content (AvgIpc) is 3.79. The Morgan fingerprint density at radius 3 is 1.94 bits per heavy atom. The third-order valence-electron chi connectivity index (χ3n) is 9.68. The smallest absolute Gasteiger partial charge is 0.227 e. The Kier molecular flexibility index (Phi) is 6.78. The number of rotatable bonds is 6. The molecule has 0 atom stereocenters. The highest BCUT2D eigenvalue weighted by molar-refractivity contribution is 6.15. The van der Waals surface area contributed by atoms with E-state index in [1.807, 2.05) is 48.5 Å². The van der Waals surface area contributed by atoms with E-state index in [2.05, 4.69) is 138 Å². The van der Waals surface area contributed by atoms with Crippen LogP contribution in [0.1, 0.15) is 0 Å². The minimum absolute atomic E-state index is 0.591. The number of anilines is 3. The summed E-state index contributed by atoms with van der Waals surface area (Å²) in [5.74, 6) is 0.591. The first-order chi connectivity index (χ1) is 25.3. The van der Waals surface area contributed by atoms with Gasteiger partial charge in [-0.15, -0.1) is 0 Å². The summed E-state index contributed by atoms with van der Waals surface area (Å²) < 4.78 is 12.8. The second-order valence-electron chi connectivity index (χ2n) is 12.8. The first kappa shape index (κ1) is 29.0. The Morgan fingerprint density at radius 2 is 1.10 bits per heavy atom. The molecular weight excluding hydrogens is 625 g/mol. The maximum absolute atomic E-state index is 6.54. The maximum atomic E-state index is 6.54. The van der Waals surface area contributed by atoms with Gasteiger partial charge >= 0.3 is 0 Å². The molecule has 0 aliphatic carbocycles. The first-order valence-corrected chi connectivity index (χ1v) is 17.1. The second kappa shape index (κ2) is 11.9. The van der Waals surface area contributed by atoms with E-state index in [1.54, 1.807) is 0 Å². The van der Waals surface area contributed by atoms with Gasteiger partial charge in [-0.1, -0.05) is 121 Å². The van der Waals surface area contributed by atoms with E-state index >= 15 is 0 Å². The van der Waals surface area contributed by atoms with Crippen molar-refractivity contribution in [3.63, 3.8) is 0 Å². The molecule has 2 heterocycles. The van der Waals surface area contributed by atoms with Crippen LogP contribution < -0.4 is 4.90 Å². The van der Waals surface area contributed by atoms with E-state index < -0.39 is 0 Å². The second-order valence-corrected chi connectivity index (χ2v) is 12.8. The summed E-state index contributed by atoms with van der Waals surface area (Å²) in [6.07, 6.45) is 0. The van der Waals surface area contributed by atoms with Gasteiger partial charge in [0.25, 0.3) is 0 Å². The molecule has 51 heavy (non-hydrogen) atoms. The van der Waals surface area contributed by atoms with E-state index in [-0.39, 0.29) is 0 Å². The van der Waals surface area contributed by atoms with Gasteiger partial charge in [-0.05, 0) is 87.6 Å². The van der Waals surface area contributed by atoms with Crippen molar-refractivity contribution < 1.29 is 8.83 Å². The van der Waals surface area contributed by atoms with Gasteiger partial charge in [0, 0.05) is 28.4 Å². The number of nitrogens with zero attached hydrogens (tertiary/aromatic N) is 2. The number of aromatic nitrogens is 1. The summed E-state index contributed by atoms with van der Waals surface area (Å²) in [5, 5.41) is 4.45. The van der Waals surface area contributed by atoms with Crippen LogP contribution in [0.15, 0.2) is 191 Å². The van der Waals surface area contributed by atoms with Crippen molar-refractivity contribution in [2.45, 2.75) is 0 Å². The largest absolute Gasteiger partial charge is 0.456 e. The predicted octanol–water partition coefficient (Wildman–Crippen LogP) is 13.4. The average molecular weight is 655 g/mol. The number of hydrogen-bond acceptors (Lipinski definition) is 4. The van der Waals surface area contributed by atoms with Crippen molar-refractivity contribution in [2.24, 2.45) is 0 Å². The quantitative estimate of drug-likeness (QED) is 0.179. The fourth-order valence-electron chi connectivity index (χ4n) is 7.27. The van der Waals surface area contributed by atoms with Crippen LogP contribution in [0, 0.1) is 0 Å². The van der Waals surface area contributed by atoms with Crippen molar-refractivity contribution in [3.8, 4) is 33.7 Å². The summed E-state index contributed by atoms with van der Waals surface area (Å²) in [5.41, 5.74) is 11.8. The highest BCUT2D eigenvalue weighted by Gasteiger charge is 2.22. The lowest BCUT2D eigenvalue weighted by Crippen LogP contribution is -2.10. The van der Waals surface area contributed by atoms with Crippen molar-refractivity contribution in [3.05, 3.63) is 182 Å². The molecule has 0 spiro atoms. The zero-order valence-electron chi connectivity index (χ0n) is 27.5. The van der Waals surface area contributed by atoms with Gasteiger partial charge < -0.3 is 13.7 Å². The van der Waals surface area contributed by atoms with E-state index in [4.69, 9.17) is 13.8 Å². The number of fused-ring (bicyclic) bond motifs is 5. The minimum Gasteiger partial charge on any atom is -0.456 e. The maximum Gasteiger partial charge on any atom is 0.227 e. The zero-order chi connectivity index (χ0) is 33.7. The van der Waals surface area contributed by atoms with Crippen LogP contribution in [-0.2, 0) is 0 Å². The number of furan rings is 1. The van der Waals surface area contributed by atoms with Gasteiger partial charge in [0.1, 0.15) is 16.7 Å². The lowest BCUT2D eigenvalue weighted by atomic mass is 9.97. The van der Waals surface area contributed by atoms with Crippen LogP contribution in [0.2, 0.25) is 0 Å². The molecule has 4 heteroatoms. The van der Waals surface area contributed by atoms with Crippen LogP contribution in [0.5, 0.6) is 0 Å². The van der Waals surface area contributed by atoms with Crippen LogP contribution >= 0.6 is 0 Å². The molecule has 4 nitrogen and oxygen atoms in total. The Hall–Kier alpha value is -6.91. The summed E-state index contributed by atoms with van der Waals surface area (Å²) in [6, 6.07) is 63.5. The summed E-state index contributed by atoms with van der Waals surface area (Å²) >= 11 is 0. The molecule has 0 aliphatic heterocycles. The van der Waals surface area contributed by atoms with Crippen molar-refractivity contribution in [2.75, 3.05) is 4.90 Å². The fourth-order valence-corrected chi connectivity index (χ4v) is 7.27. The summed E-state index contributed by atoms with van der Waals surface area (Å²) in [7, 11) is 0. The molecule has 0 radical (unpaired) electrons. The molecule has 0 bridgehead atoms. The fraction of sp³-hybridized carbons (Fsp3) is 0. The third kappa shape index (κ3) is 5.04. The third-order valence-corrected chi connectivity index (χ3v) is 9.68. The molecule has 10 aromatic rings. The lowest BCUT2D eigenvalue weighted by Gasteiger charge is -2.27. The Balaban J connectivity index is 1.18. The zero-order valence-corrected chi connectivity index (χ0v) is 27.5. The first-order valence-electron chi connectivity index (χ1n) is 17.1. The summed E-state index contributed by atoms with van der Waals surface area (Å²) in [4.78, 5) is 7.23. The minimum atomic E-state index is 0.591. The van der Waals surface area contributed by atoms with E-state index in [0.29, 0.717) is 11.5 Å². The molecule has 2 aromatic heterocycles. The van der Waals surface area contributed by atoms with Crippen molar-refractivity contribution >= 4 is 60.9 Å². The molecule has 240 valence electrons. The molecule has 0 unspecified atom stereocenters. The normalized spacial score (nSPS) is 11.5. The van der Waals surface area contributed by atoms with Crippen LogP contribution in [0.25, 0.3) is 77.5 Å². The van der Waals surface area contributed by atoms with E-state index in [0.717, 1.165) is 55.6 Å². The highest BCUT2D eigenvalue weighted by atomic mass is 16.4. The molecule has 0 saturated heterocycles. The Bertz CT molecular complexity index is 2850. The van der Waals surface area contributed by atoms with E-state index in [1.165, 1.54) is 27.5 Å². The van der Waals surface area contributed by atoms with Crippen LogP contribution in [0.3, 0.4) is 0 Å². The van der Waals surface area contributed by atoms with Gasteiger partial charge in [0.05, 0.1) is 11.1 Å². The van der Waals surface area contributed by atoms with Crippen LogP contribution in [-0.4, -0.2) is 4.98 Å². The van der Waals surface area contributed by atoms with E-state index in [9.17, 15) is 0 Å². The number of benzene rings is 8. The monoisotopic (exact) mass is 654 g/mol. The van der Waals surface area contributed by atoms with Gasteiger partial charge in [-0.2, -0.15) is 0 Å². The molecule has 0 amide bonds.